The SMILES string of the molecule is COc1cc(NCc2ccc(C#N)cc2)c(F)cc1N. The molecule has 2 aromatic carbocycles. The number of nitrogens with zero attached hydrogens (tertiary/aromatic N) is 1. The molecular formula is C15H14FN3O. The van der Waals surface area contributed by atoms with Crippen molar-refractivity contribution in [1.29, 1.82) is 5.26 Å². The number of anilines is 2. The molecule has 0 amide bonds. The van der Waals surface area contributed by atoms with Gasteiger partial charge in [0.2, 0.25) is 0 Å². The molecule has 0 atom stereocenters. The van der Waals surface area contributed by atoms with Crippen LogP contribution < -0.4 is 15.8 Å². The number of nitrogen functional groups attached to an aromatic ring is 1. The molecule has 0 spiro atoms. The van der Waals surface area contributed by atoms with E-state index in [-0.39, 0.29) is 5.69 Å². The smallest absolute Gasteiger partial charge is 0.148 e. The highest BCUT2D eigenvalue weighted by Gasteiger charge is 2.08. The van der Waals surface area contributed by atoms with E-state index in [1.54, 1.807) is 12.1 Å². The van der Waals surface area contributed by atoms with Crippen LogP contribution in [0.2, 0.25) is 0 Å². The van der Waals surface area contributed by atoms with Crippen molar-refractivity contribution in [3.63, 3.8) is 0 Å². The van der Waals surface area contributed by atoms with Gasteiger partial charge in [-0.25, -0.2) is 4.39 Å². The van der Waals surface area contributed by atoms with E-state index in [0.717, 1.165) is 5.56 Å². The van der Waals surface area contributed by atoms with Gasteiger partial charge in [-0.15, -0.1) is 0 Å². The lowest BCUT2D eigenvalue weighted by Crippen LogP contribution is -2.03. The molecule has 2 rings (SSSR count). The first kappa shape index (κ1) is 13.7. The number of nitrogens with two attached hydrogens (primary N) is 1. The Labute approximate surface area is 116 Å². The third kappa shape index (κ3) is 2.98. The summed E-state index contributed by atoms with van der Waals surface area (Å²) < 4.78 is 18.8. The summed E-state index contributed by atoms with van der Waals surface area (Å²) in [6.07, 6.45) is 0. The standard InChI is InChI=1S/C15H14FN3O/c1-20-15-7-14(12(16)6-13(15)18)19-9-11-4-2-10(8-17)3-5-11/h2-7,19H,9,18H2,1H3. The Hall–Kier alpha value is -2.74. The Morgan fingerprint density at radius 3 is 2.60 bits per heavy atom. The Kier molecular flexibility index (Phi) is 4.06. The first-order valence-electron chi connectivity index (χ1n) is 6.00. The third-order valence-electron chi connectivity index (χ3n) is 2.89. The molecule has 102 valence electrons. The number of nitriles is 1. The highest BCUT2D eigenvalue weighted by molar-refractivity contribution is 5.62. The molecule has 0 saturated carbocycles. The summed E-state index contributed by atoms with van der Waals surface area (Å²) in [6, 6.07) is 11.9. The van der Waals surface area contributed by atoms with E-state index < -0.39 is 5.82 Å². The van der Waals surface area contributed by atoms with Gasteiger partial charge in [0, 0.05) is 18.7 Å². The Bertz CT molecular complexity index is 647. The van der Waals surface area contributed by atoms with Crippen LogP contribution in [0.3, 0.4) is 0 Å². The van der Waals surface area contributed by atoms with E-state index in [2.05, 4.69) is 5.32 Å². The maximum Gasteiger partial charge on any atom is 0.148 e. The Morgan fingerprint density at radius 1 is 1.30 bits per heavy atom. The van der Waals surface area contributed by atoms with Gasteiger partial charge in [-0.2, -0.15) is 5.26 Å². The van der Waals surface area contributed by atoms with Crippen molar-refractivity contribution in [2.45, 2.75) is 6.54 Å². The van der Waals surface area contributed by atoms with Gasteiger partial charge in [-0.3, -0.25) is 0 Å². The van der Waals surface area contributed by atoms with Crippen molar-refractivity contribution in [3.05, 3.63) is 53.3 Å². The van der Waals surface area contributed by atoms with E-state index in [4.69, 9.17) is 15.7 Å². The first-order chi connectivity index (χ1) is 9.63. The molecule has 0 aliphatic carbocycles. The van der Waals surface area contributed by atoms with E-state index in [9.17, 15) is 4.39 Å². The zero-order valence-electron chi connectivity index (χ0n) is 11.0. The minimum absolute atomic E-state index is 0.258. The van der Waals surface area contributed by atoms with E-state index in [1.807, 2.05) is 18.2 Å². The van der Waals surface area contributed by atoms with E-state index in [0.29, 0.717) is 23.5 Å². The van der Waals surface area contributed by atoms with Crippen LogP contribution in [0.5, 0.6) is 5.75 Å². The number of rotatable bonds is 4. The monoisotopic (exact) mass is 271 g/mol. The van der Waals surface area contributed by atoms with Crippen LogP contribution in [0.1, 0.15) is 11.1 Å². The fraction of sp³-hybridized carbons (Fsp3) is 0.133. The second-order valence-electron chi connectivity index (χ2n) is 4.24. The normalized spacial score (nSPS) is 9.85. The molecule has 0 aliphatic heterocycles. The summed E-state index contributed by atoms with van der Waals surface area (Å²) in [5.74, 6) is -0.00864. The summed E-state index contributed by atoms with van der Waals surface area (Å²) in [5.41, 5.74) is 7.73. The Balaban J connectivity index is 2.12. The highest BCUT2D eigenvalue weighted by Crippen LogP contribution is 2.28. The molecular weight excluding hydrogens is 257 g/mol. The number of ether oxygens (including phenoxy) is 1. The average molecular weight is 271 g/mol. The molecule has 0 unspecified atom stereocenters. The lowest BCUT2D eigenvalue weighted by Gasteiger charge is -2.11. The van der Waals surface area contributed by atoms with Gasteiger partial charge in [0.05, 0.1) is 30.1 Å². The fourth-order valence-electron chi connectivity index (χ4n) is 1.78. The van der Waals surface area contributed by atoms with Gasteiger partial charge in [-0.1, -0.05) is 12.1 Å². The Morgan fingerprint density at radius 2 is 2.00 bits per heavy atom. The summed E-state index contributed by atoms with van der Waals surface area (Å²) in [4.78, 5) is 0. The molecule has 0 radical (unpaired) electrons. The van der Waals surface area contributed by atoms with Crippen LogP contribution in [-0.2, 0) is 6.54 Å². The van der Waals surface area contributed by atoms with Crippen molar-refractivity contribution in [1.82, 2.24) is 0 Å². The van der Waals surface area contributed by atoms with Crippen molar-refractivity contribution < 1.29 is 9.13 Å². The van der Waals surface area contributed by atoms with Crippen LogP contribution in [0, 0.1) is 17.1 Å². The number of halogens is 1. The van der Waals surface area contributed by atoms with Gasteiger partial charge in [0.25, 0.3) is 0 Å². The van der Waals surface area contributed by atoms with E-state index >= 15 is 0 Å². The third-order valence-corrected chi connectivity index (χ3v) is 2.89. The number of nitrogens with one attached hydrogen (secondary N) is 1. The highest BCUT2D eigenvalue weighted by atomic mass is 19.1. The molecule has 0 aliphatic rings. The molecule has 0 saturated heterocycles. The average Bonchev–Trinajstić information content (AvgIpc) is 2.47. The largest absolute Gasteiger partial charge is 0.495 e. The lowest BCUT2D eigenvalue weighted by molar-refractivity contribution is 0.416. The maximum atomic E-state index is 13.7. The summed E-state index contributed by atoms with van der Waals surface area (Å²) in [5, 5.41) is 11.7. The predicted molar refractivity (Wildman–Crippen MR) is 75.8 cm³/mol. The number of methoxy groups -OCH3 is 1. The van der Waals surface area contributed by atoms with Gasteiger partial charge in [-0.05, 0) is 17.7 Å². The minimum atomic E-state index is -0.433. The molecule has 2 aromatic rings. The molecule has 0 fully saturated rings. The topological polar surface area (TPSA) is 71.1 Å². The second-order valence-corrected chi connectivity index (χ2v) is 4.24. The van der Waals surface area contributed by atoms with E-state index in [1.165, 1.54) is 19.2 Å². The van der Waals surface area contributed by atoms with Crippen LogP contribution in [0.4, 0.5) is 15.8 Å². The number of hydrogen-bond acceptors (Lipinski definition) is 4. The van der Waals surface area contributed by atoms with Crippen LogP contribution >= 0.6 is 0 Å². The zero-order valence-corrected chi connectivity index (χ0v) is 11.0. The van der Waals surface area contributed by atoms with Gasteiger partial charge < -0.3 is 15.8 Å². The van der Waals surface area contributed by atoms with Gasteiger partial charge in [0.1, 0.15) is 11.6 Å². The number of hydrogen-bond donors (Lipinski definition) is 2. The predicted octanol–water partition coefficient (Wildman–Crippen LogP) is 2.90. The lowest BCUT2D eigenvalue weighted by atomic mass is 10.1. The summed E-state index contributed by atoms with van der Waals surface area (Å²) in [7, 11) is 1.48. The summed E-state index contributed by atoms with van der Waals surface area (Å²) in [6.45, 7) is 0.440. The van der Waals surface area contributed by atoms with Gasteiger partial charge in [0.15, 0.2) is 0 Å². The fourth-order valence-corrected chi connectivity index (χ4v) is 1.78. The molecule has 0 bridgehead atoms. The van der Waals surface area contributed by atoms with Crippen molar-refractivity contribution >= 4 is 11.4 Å². The molecule has 0 heterocycles. The molecule has 20 heavy (non-hydrogen) atoms. The van der Waals surface area contributed by atoms with Crippen LogP contribution in [-0.4, -0.2) is 7.11 Å². The van der Waals surface area contributed by atoms with Crippen molar-refractivity contribution in [2.75, 3.05) is 18.2 Å². The molecule has 5 heteroatoms. The summed E-state index contributed by atoms with van der Waals surface area (Å²) >= 11 is 0. The quantitative estimate of drug-likeness (QED) is 0.839. The number of benzene rings is 2. The molecule has 0 aromatic heterocycles. The van der Waals surface area contributed by atoms with Crippen molar-refractivity contribution in [2.24, 2.45) is 0 Å². The van der Waals surface area contributed by atoms with Crippen LogP contribution in [0.25, 0.3) is 0 Å². The first-order valence-corrected chi connectivity index (χ1v) is 6.00. The van der Waals surface area contributed by atoms with Gasteiger partial charge >= 0.3 is 0 Å². The molecule has 3 N–H and O–H groups in total. The van der Waals surface area contributed by atoms with Crippen LogP contribution in [0.15, 0.2) is 36.4 Å². The minimum Gasteiger partial charge on any atom is -0.495 e. The zero-order chi connectivity index (χ0) is 14.5. The second kappa shape index (κ2) is 5.93. The van der Waals surface area contributed by atoms with Crippen molar-refractivity contribution in [3.8, 4) is 11.8 Å². The molecule has 4 nitrogen and oxygen atoms in total. The maximum absolute atomic E-state index is 13.7.